The van der Waals surface area contributed by atoms with Crippen molar-refractivity contribution >= 4 is 23.4 Å². The number of nitrogen functional groups attached to an aromatic ring is 1. The molecule has 0 saturated carbocycles. The number of carbonyl (C=O) groups excluding carboxylic acids is 2. The van der Waals surface area contributed by atoms with Crippen LogP contribution in [0.25, 0.3) is 0 Å². The Morgan fingerprint density at radius 1 is 1.40 bits per heavy atom. The summed E-state index contributed by atoms with van der Waals surface area (Å²) in [4.78, 5) is 26.9. The number of pyridine rings is 1. The predicted octanol–water partition coefficient (Wildman–Crippen LogP) is 0.779. The summed E-state index contributed by atoms with van der Waals surface area (Å²) in [6, 6.07) is 1.51. The van der Waals surface area contributed by atoms with Crippen molar-refractivity contribution in [2.24, 2.45) is 0 Å². The largest absolute Gasteiger partial charge is 0.465 e. The Morgan fingerprint density at radius 3 is 2.80 bits per heavy atom. The van der Waals surface area contributed by atoms with Crippen molar-refractivity contribution in [1.82, 2.24) is 10.3 Å². The Kier molecular flexibility index (Phi) is 6.28. The van der Waals surface area contributed by atoms with Crippen LogP contribution in [0, 0.1) is 0 Å². The molecule has 0 aliphatic rings. The van der Waals surface area contributed by atoms with Crippen molar-refractivity contribution in [1.29, 1.82) is 0 Å². The third kappa shape index (κ3) is 4.75. The van der Waals surface area contributed by atoms with Gasteiger partial charge in [0.2, 0.25) is 5.91 Å². The van der Waals surface area contributed by atoms with Gasteiger partial charge in [-0.15, -0.1) is 0 Å². The van der Waals surface area contributed by atoms with Crippen LogP contribution in [0.3, 0.4) is 0 Å². The Morgan fingerprint density at radius 2 is 2.15 bits per heavy atom. The molecule has 1 rings (SSSR count). The smallest absolute Gasteiger partial charge is 0.340 e. The fraction of sp³-hybridized carbons (Fsp3) is 0.462. The molecule has 0 saturated heterocycles. The van der Waals surface area contributed by atoms with E-state index in [4.69, 9.17) is 5.73 Å². The number of anilines is 2. The zero-order valence-electron chi connectivity index (χ0n) is 11.7. The number of nitrogens with two attached hydrogens (primary N) is 1. The average Bonchev–Trinajstić information content (AvgIpc) is 2.46. The maximum atomic E-state index is 11.5. The van der Waals surface area contributed by atoms with Crippen LogP contribution in [0.5, 0.6) is 0 Å². The number of nitrogens with zero attached hydrogens (tertiary/aromatic N) is 1. The maximum Gasteiger partial charge on any atom is 0.340 e. The summed E-state index contributed by atoms with van der Waals surface area (Å²) in [5.74, 6) is -0.0699. The first kappa shape index (κ1) is 15.7. The van der Waals surface area contributed by atoms with Gasteiger partial charge in [-0.1, -0.05) is 6.92 Å². The number of methoxy groups -OCH3 is 1. The molecule has 1 amide bonds. The fourth-order valence-electron chi connectivity index (χ4n) is 1.51. The summed E-state index contributed by atoms with van der Waals surface area (Å²) in [6.07, 6.45) is 2.62. The summed E-state index contributed by atoms with van der Waals surface area (Å²) >= 11 is 0. The molecule has 0 aromatic carbocycles. The summed E-state index contributed by atoms with van der Waals surface area (Å²) in [5, 5.41) is 5.74. The van der Waals surface area contributed by atoms with E-state index in [0.717, 1.165) is 6.42 Å². The quantitative estimate of drug-likeness (QED) is 0.637. The number of carbonyl (C=O) groups is 2. The SMILES string of the molecule is CCCNC(=O)CCNc1cc(C(=O)OC)c(N)cn1. The molecule has 0 fully saturated rings. The standard InChI is InChI=1S/C13H20N4O3/c1-3-5-16-12(18)4-6-15-11-7-9(13(19)20-2)10(14)8-17-11/h7-8H,3-6,14H2,1-2H3,(H,15,17)(H,16,18). The highest BCUT2D eigenvalue weighted by Crippen LogP contribution is 2.15. The lowest BCUT2D eigenvalue weighted by Gasteiger charge is -2.08. The maximum absolute atomic E-state index is 11.5. The summed E-state index contributed by atoms with van der Waals surface area (Å²) in [6.45, 7) is 3.09. The predicted molar refractivity (Wildman–Crippen MR) is 76.4 cm³/mol. The first-order chi connectivity index (χ1) is 9.58. The minimum Gasteiger partial charge on any atom is -0.465 e. The molecule has 0 aliphatic heterocycles. The lowest BCUT2D eigenvalue weighted by atomic mass is 10.2. The van der Waals surface area contributed by atoms with E-state index >= 15 is 0 Å². The molecule has 110 valence electrons. The van der Waals surface area contributed by atoms with Crippen LogP contribution in [0.15, 0.2) is 12.3 Å². The summed E-state index contributed by atoms with van der Waals surface area (Å²) < 4.78 is 4.62. The number of aromatic nitrogens is 1. The van der Waals surface area contributed by atoms with E-state index in [9.17, 15) is 9.59 Å². The number of amides is 1. The van der Waals surface area contributed by atoms with Crippen molar-refractivity contribution in [3.05, 3.63) is 17.8 Å². The molecule has 0 radical (unpaired) electrons. The second kappa shape index (κ2) is 7.98. The molecule has 1 aromatic heterocycles. The summed E-state index contributed by atoms with van der Waals surface area (Å²) in [5.41, 5.74) is 6.15. The highest BCUT2D eigenvalue weighted by molar-refractivity contribution is 5.95. The normalized spacial score (nSPS) is 9.90. The lowest BCUT2D eigenvalue weighted by molar-refractivity contribution is -0.120. The molecule has 7 nitrogen and oxygen atoms in total. The summed E-state index contributed by atoms with van der Waals surface area (Å²) in [7, 11) is 1.29. The van der Waals surface area contributed by atoms with Gasteiger partial charge in [0.1, 0.15) is 5.82 Å². The third-order valence-corrected chi connectivity index (χ3v) is 2.57. The van der Waals surface area contributed by atoms with Gasteiger partial charge in [0.05, 0.1) is 24.6 Å². The first-order valence-corrected chi connectivity index (χ1v) is 6.42. The number of ether oxygens (including phenoxy) is 1. The van der Waals surface area contributed by atoms with Crippen LogP contribution in [0.2, 0.25) is 0 Å². The number of rotatable bonds is 7. The lowest BCUT2D eigenvalue weighted by Crippen LogP contribution is -2.26. The first-order valence-electron chi connectivity index (χ1n) is 6.42. The Balaban J connectivity index is 2.52. The van der Waals surface area contributed by atoms with Gasteiger partial charge in [-0.2, -0.15) is 0 Å². The van der Waals surface area contributed by atoms with Gasteiger partial charge in [-0.3, -0.25) is 4.79 Å². The highest BCUT2D eigenvalue weighted by Gasteiger charge is 2.11. The number of nitrogens with one attached hydrogen (secondary N) is 2. The van der Waals surface area contributed by atoms with Crippen LogP contribution < -0.4 is 16.4 Å². The molecular formula is C13H20N4O3. The molecule has 0 atom stereocenters. The molecular weight excluding hydrogens is 260 g/mol. The van der Waals surface area contributed by atoms with Gasteiger partial charge < -0.3 is 21.1 Å². The minimum atomic E-state index is -0.520. The van der Waals surface area contributed by atoms with Crippen LogP contribution in [-0.2, 0) is 9.53 Å². The van der Waals surface area contributed by atoms with E-state index < -0.39 is 5.97 Å². The van der Waals surface area contributed by atoms with Crippen molar-refractivity contribution in [3.63, 3.8) is 0 Å². The minimum absolute atomic E-state index is 0.0250. The Labute approximate surface area is 117 Å². The van der Waals surface area contributed by atoms with Crippen LogP contribution >= 0.6 is 0 Å². The van der Waals surface area contributed by atoms with E-state index in [0.29, 0.717) is 25.3 Å². The van der Waals surface area contributed by atoms with Gasteiger partial charge in [-0.25, -0.2) is 9.78 Å². The Bertz CT molecular complexity index is 477. The Hall–Kier alpha value is -2.31. The van der Waals surface area contributed by atoms with Gasteiger partial charge in [0.15, 0.2) is 0 Å². The second-order valence-electron chi connectivity index (χ2n) is 4.18. The zero-order valence-corrected chi connectivity index (χ0v) is 11.7. The van der Waals surface area contributed by atoms with Gasteiger partial charge in [0, 0.05) is 19.5 Å². The molecule has 4 N–H and O–H groups in total. The molecule has 20 heavy (non-hydrogen) atoms. The van der Waals surface area contributed by atoms with Gasteiger partial charge in [0.25, 0.3) is 0 Å². The molecule has 1 aromatic rings. The highest BCUT2D eigenvalue weighted by atomic mass is 16.5. The fourth-order valence-corrected chi connectivity index (χ4v) is 1.51. The van der Waals surface area contributed by atoms with Crippen molar-refractivity contribution in [2.75, 3.05) is 31.2 Å². The van der Waals surface area contributed by atoms with Crippen LogP contribution in [0.1, 0.15) is 30.1 Å². The van der Waals surface area contributed by atoms with Crippen LogP contribution in [0.4, 0.5) is 11.5 Å². The number of hydrogen-bond donors (Lipinski definition) is 3. The van der Waals surface area contributed by atoms with Crippen LogP contribution in [-0.4, -0.2) is 37.1 Å². The monoisotopic (exact) mass is 280 g/mol. The second-order valence-corrected chi connectivity index (χ2v) is 4.18. The number of esters is 1. The molecule has 1 heterocycles. The van der Waals surface area contributed by atoms with Crippen molar-refractivity contribution in [2.45, 2.75) is 19.8 Å². The van der Waals surface area contributed by atoms with E-state index in [2.05, 4.69) is 20.4 Å². The number of hydrogen-bond acceptors (Lipinski definition) is 6. The van der Waals surface area contributed by atoms with Gasteiger partial charge >= 0.3 is 5.97 Å². The van der Waals surface area contributed by atoms with Crippen molar-refractivity contribution in [3.8, 4) is 0 Å². The average molecular weight is 280 g/mol. The van der Waals surface area contributed by atoms with Gasteiger partial charge in [-0.05, 0) is 12.5 Å². The van der Waals surface area contributed by atoms with E-state index in [-0.39, 0.29) is 17.2 Å². The zero-order chi connectivity index (χ0) is 15.0. The molecule has 0 aliphatic carbocycles. The van der Waals surface area contributed by atoms with E-state index in [1.54, 1.807) is 0 Å². The third-order valence-electron chi connectivity index (χ3n) is 2.57. The molecule has 0 spiro atoms. The molecule has 7 heteroatoms. The van der Waals surface area contributed by atoms with E-state index in [1.165, 1.54) is 19.4 Å². The van der Waals surface area contributed by atoms with E-state index in [1.807, 2.05) is 6.92 Å². The molecule has 0 bridgehead atoms. The topological polar surface area (TPSA) is 106 Å². The molecule has 0 unspecified atom stereocenters. The van der Waals surface area contributed by atoms with Crippen molar-refractivity contribution < 1.29 is 14.3 Å².